The van der Waals surface area contributed by atoms with Crippen molar-refractivity contribution in [3.05, 3.63) is 47.9 Å². The third kappa shape index (κ3) is 3.90. The Morgan fingerprint density at radius 3 is 2.93 bits per heavy atom. The molecular formula is C21H25FN6O. The Morgan fingerprint density at radius 2 is 2.14 bits per heavy atom. The maximum atomic E-state index is 13.6. The predicted molar refractivity (Wildman–Crippen MR) is 110 cm³/mol. The average Bonchev–Trinajstić information content (AvgIpc) is 3.46. The molecule has 2 aliphatic rings. The van der Waals surface area contributed by atoms with E-state index in [0.29, 0.717) is 24.7 Å². The van der Waals surface area contributed by atoms with Crippen molar-refractivity contribution in [2.75, 3.05) is 30.3 Å². The summed E-state index contributed by atoms with van der Waals surface area (Å²) in [6.45, 7) is 2.19. The van der Waals surface area contributed by atoms with Gasteiger partial charge in [-0.05, 0) is 49.9 Å². The van der Waals surface area contributed by atoms with Gasteiger partial charge in [0.2, 0.25) is 0 Å². The van der Waals surface area contributed by atoms with Gasteiger partial charge in [-0.3, -0.25) is 0 Å². The number of aliphatic hydroxyl groups is 1. The summed E-state index contributed by atoms with van der Waals surface area (Å²) in [6.07, 6.45) is 4.77. The van der Waals surface area contributed by atoms with Crippen molar-refractivity contribution >= 4 is 23.0 Å². The number of halogens is 1. The third-order valence-corrected chi connectivity index (χ3v) is 5.75. The molecule has 1 saturated heterocycles. The smallest absolute Gasteiger partial charge is 0.163 e. The number of hydrogen-bond donors (Lipinski definition) is 4. The molecular weight excluding hydrogens is 371 g/mol. The van der Waals surface area contributed by atoms with E-state index in [9.17, 15) is 9.50 Å². The lowest BCUT2D eigenvalue weighted by Crippen LogP contribution is -2.43. The highest BCUT2D eigenvalue weighted by molar-refractivity contribution is 5.66. The molecule has 1 saturated carbocycles. The monoisotopic (exact) mass is 396 g/mol. The van der Waals surface area contributed by atoms with Gasteiger partial charge in [-0.1, -0.05) is 6.07 Å². The lowest BCUT2D eigenvalue weighted by molar-refractivity contribution is 0.0883. The van der Waals surface area contributed by atoms with Crippen LogP contribution in [-0.4, -0.2) is 45.4 Å². The van der Waals surface area contributed by atoms with E-state index in [2.05, 4.69) is 21.0 Å². The van der Waals surface area contributed by atoms with Crippen molar-refractivity contribution < 1.29 is 9.50 Å². The molecule has 0 radical (unpaired) electrons. The van der Waals surface area contributed by atoms with Gasteiger partial charge in [-0.25, -0.2) is 9.37 Å². The Labute approximate surface area is 168 Å². The standard InChI is InChI=1S/C21H25FN6O/c22-15-2-1-3-16(8-15)26-20-9-19(24-10-14-6-7-23-12-18(14)29)27-21-17(13-4-5-13)11-25-28(20)21/h1-3,8-9,11,13-14,18,23,26,29H,4-7,10,12H2,(H,24,27)/t14-,18+/m1/s1. The fraction of sp³-hybridized carbons (Fsp3) is 0.429. The van der Waals surface area contributed by atoms with E-state index in [1.807, 2.05) is 18.3 Å². The molecule has 5 rings (SSSR count). The van der Waals surface area contributed by atoms with Crippen molar-refractivity contribution in [2.24, 2.45) is 5.92 Å². The SMILES string of the molecule is O[C@H]1CNCC[C@@H]1CNc1cc(Nc2cccc(F)c2)n2ncc(C3CC3)c2n1. The summed E-state index contributed by atoms with van der Waals surface area (Å²) < 4.78 is 15.4. The maximum Gasteiger partial charge on any atom is 0.163 e. The number of β-amino-alcohol motifs (C(OH)–C–C–N with tert-alkyl or cyclic N) is 1. The van der Waals surface area contributed by atoms with E-state index in [1.165, 1.54) is 12.1 Å². The lowest BCUT2D eigenvalue weighted by atomic mass is 9.95. The minimum absolute atomic E-state index is 0.182. The Balaban J connectivity index is 1.46. The summed E-state index contributed by atoms with van der Waals surface area (Å²) in [6, 6.07) is 8.25. The van der Waals surface area contributed by atoms with Gasteiger partial charge < -0.3 is 21.1 Å². The molecule has 8 heteroatoms. The van der Waals surface area contributed by atoms with Crippen molar-refractivity contribution in [1.29, 1.82) is 0 Å². The van der Waals surface area contributed by atoms with Gasteiger partial charge in [-0.15, -0.1) is 0 Å². The minimum Gasteiger partial charge on any atom is -0.391 e. The topological polar surface area (TPSA) is 86.5 Å². The fourth-order valence-corrected chi connectivity index (χ4v) is 3.93. The quantitative estimate of drug-likeness (QED) is 0.513. The Bertz CT molecular complexity index is 1020. The number of benzene rings is 1. The molecule has 0 unspecified atom stereocenters. The molecule has 0 amide bonds. The molecule has 29 heavy (non-hydrogen) atoms. The van der Waals surface area contributed by atoms with Gasteiger partial charge in [-0.2, -0.15) is 9.61 Å². The minimum atomic E-state index is -0.359. The molecule has 2 atom stereocenters. The van der Waals surface area contributed by atoms with Crippen molar-refractivity contribution in [1.82, 2.24) is 19.9 Å². The first kappa shape index (κ1) is 18.3. The number of piperidine rings is 1. The summed E-state index contributed by atoms with van der Waals surface area (Å²) in [5.74, 6) is 1.85. The van der Waals surface area contributed by atoms with Crippen molar-refractivity contribution in [3.8, 4) is 0 Å². The third-order valence-electron chi connectivity index (χ3n) is 5.75. The molecule has 1 aliphatic carbocycles. The van der Waals surface area contributed by atoms with Gasteiger partial charge in [0.1, 0.15) is 17.5 Å². The van der Waals surface area contributed by atoms with Crippen LogP contribution in [0.3, 0.4) is 0 Å². The summed E-state index contributed by atoms with van der Waals surface area (Å²) in [5, 5.41) is 24.6. The molecule has 7 nitrogen and oxygen atoms in total. The normalized spacial score (nSPS) is 22.0. The number of nitrogens with one attached hydrogen (secondary N) is 3. The molecule has 2 fully saturated rings. The second-order valence-electron chi connectivity index (χ2n) is 7.97. The Kier molecular flexibility index (Phi) is 4.81. The molecule has 0 spiro atoms. The van der Waals surface area contributed by atoms with Crippen LogP contribution in [0.2, 0.25) is 0 Å². The highest BCUT2D eigenvalue weighted by Gasteiger charge is 2.28. The van der Waals surface area contributed by atoms with Crippen molar-refractivity contribution in [2.45, 2.75) is 31.3 Å². The maximum absolute atomic E-state index is 13.6. The second-order valence-corrected chi connectivity index (χ2v) is 7.97. The Morgan fingerprint density at radius 1 is 1.24 bits per heavy atom. The van der Waals surface area contributed by atoms with Crippen LogP contribution in [0.4, 0.5) is 21.7 Å². The first-order valence-corrected chi connectivity index (χ1v) is 10.2. The van der Waals surface area contributed by atoms with Crippen LogP contribution in [0.15, 0.2) is 36.5 Å². The van der Waals surface area contributed by atoms with E-state index in [-0.39, 0.29) is 17.8 Å². The first-order chi connectivity index (χ1) is 14.2. The van der Waals surface area contributed by atoms with Crippen LogP contribution in [0.25, 0.3) is 5.65 Å². The van der Waals surface area contributed by atoms with E-state index < -0.39 is 0 Å². The van der Waals surface area contributed by atoms with Gasteiger partial charge in [0, 0.05) is 36.3 Å². The van der Waals surface area contributed by atoms with Gasteiger partial charge in [0.25, 0.3) is 0 Å². The number of anilines is 3. The molecule has 0 bridgehead atoms. The summed E-state index contributed by atoms with van der Waals surface area (Å²) in [4.78, 5) is 4.80. The van der Waals surface area contributed by atoms with Crippen LogP contribution in [-0.2, 0) is 0 Å². The first-order valence-electron chi connectivity index (χ1n) is 10.2. The number of hydrogen-bond acceptors (Lipinski definition) is 6. The number of nitrogens with zero attached hydrogens (tertiary/aromatic N) is 3. The number of aromatic nitrogens is 3. The number of aliphatic hydroxyl groups excluding tert-OH is 1. The van der Waals surface area contributed by atoms with E-state index in [1.54, 1.807) is 10.6 Å². The molecule has 4 N–H and O–H groups in total. The van der Waals surface area contributed by atoms with Gasteiger partial charge in [0.15, 0.2) is 5.65 Å². The Hall–Kier alpha value is -2.71. The zero-order chi connectivity index (χ0) is 19.8. The molecule has 3 heterocycles. The van der Waals surface area contributed by atoms with Gasteiger partial charge >= 0.3 is 0 Å². The van der Waals surface area contributed by atoms with Crippen LogP contribution < -0.4 is 16.0 Å². The summed E-state index contributed by atoms with van der Waals surface area (Å²) >= 11 is 0. The molecule has 3 aromatic rings. The highest BCUT2D eigenvalue weighted by atomic mass is 19.1. The van der Waals surface area contributed by atoms with Crippen LogP contribution in [0.1, 0.15) is 30.7 Å². The predicted octanol–water partition coefficient (Wildman–Crippen LogP) is 2.87. The van der Waals surface area contributed by atoms with E-state index >= 15 is 0 Å². The highest BCUT2D eigenvalue weighted by Crippen LogP contribution is 2.42. The van der Waals surface area contributed by atoms with Crippen molar-refractivity contribution in [3.63, 3.8) is 0 Å². The van der Waals surface area contributed by atoms with Gasteiger partial charge in [0.05, 0.1) is 12.3 Å². The molecule has 2 aromatic heterocycles. The fourth-order valence-electron chi connectivity index (χ4n) is 3.93. The summed E-state index contributed by atoms with van der Waals surface area (Å²) in [7, 11) is 0. The van der Waals surface area contributed by atoms with E-state index in [0.717, 1.165) is 48.7 Å². The summed E-state index contributed by atoms with van der Waals surface area (Å²) in [5.41, 5.74) is 2.63. The molecule has 1 aromatic carbocycles. The average molecular weight is 396 g/mol. The van der Waals surface area contributed by atoms with Crippen LogP contribution in [0.5, 0.6) is 0 Å². The number of rotatable bonds is 6. The number of fused-ring (bicyclic) bond motifs is 1. The molecule has 1 aliphatic heterocycles. The molecule has 152 valence electrons. The van der Waals surface area contributed by atoms with Crippen LogP contribution >= 0.6 is 0 Å². The second kappa shape index (κ2) is 7.61. The van der Waals surface area contributed by atoms with E-state index in [4.69, 9.17) is 4.98 Å². The largest absolute Gasteiger partial charge is 0.391 e. The zero-order valence-electron chi connectivity index (χ0n) is 16.1. The lowest BCUT2D eigenvalue weighted by Gasteiger charge is -2.28. The zero-order valence-corrected chi connectivity index (χ0v) is 16.1. The van der Waals surface area contributed by atoms with Crippen LogP contribution in [0, 0.1) is 11.7 Å².